The van der Waals surface area contributed by atoms with Crippen LogP contribution in [0.5, 0.6) is 0 Å². The molecule has 1 aliphatic carbocycles. The standard InChI is InChI=1S/C13H18N4O3/c1-6-16-10-8(2-3-15-13(10)14)17(6)9-4-7(5-18)11(19)12(9)20/h2-3,7,9,11-12,18-20H,4-5H2,1H3,(H2,14,15)/t7-,9-,11-,12+/m1/s1. The van der Waals surface area contributed by atoms with Crippen molar-refractivity contribution < 1.29 is 15.3 Å². The van der Waals surface area contributed by atoms with Gasteiger partial charge in [-0.2, -0.15) is 0 Å². The molecular weight excluding hydrogens is 260 g/mol. The summed E-state index contributed by atoms with van der Waals surface area (Å²) in [5.41, 5.74) is 7.19. The second-order valence-corrected chi connectivity index (χ2v) is 5.32. The van der Waals surface area contributed by atoms with Crippen LogP contribution in [0.15, 0.2) is 12.3 Å². The third kappa shape index (κ3) is 1.78. The second kappa shape index (κ2) is 4.69. The molecule has 0 unspecified atom stereocenters. The first-order valence-corrected chi connectivity index (χ1v) is 6.60. The molecular formula is C13H18N4O3. The highest BCUT2D eigenvalue weighted by atomic mass is 16.3. The van der Waals surface area contributed by atoms with Crippen molar-refractivity contribution in [1.29, 1.82) is 0 Å². The third-order valence-electron chi connectivity index (χ3n) is 4.15. The molecule has 0 aromatic carbocycles. The Bertz CT molecular complexity index is 642. The van der Waals surface area contributed by atoms with Gasteiger partial charge in [0.25, 0.3) is 0 Å². The third-order valence-corrected chi connectivity index (χ3v) is 4.15. The molecule has 0 bridgehead atoms. The lowest BCUT2D eigenvalue weighted by Crippen LogP contribution is -2.30. The average Bonchev–Trinajstić information content (AvgIpc) is 2.90. The number of hydrogen-bond donors (Lipinski definition) is 4. The van der Waals surface area contributed by atoms with E-state index in [0.29, 0.717) is 23.6 Å². The van der Waals surface area contributed by atoms with Crippen molar-refractivity contribution in [2.75, 3.05) is 12.3 Å². The number of pyridine rings is 1. The Kier molecular flexibility index (Phi) is 3.12. The molecule has 1 fully saturated rings. The maximum Gasteiger partial charge on any atom is 0.151 e. The monoisotopic (exact) mass is 278 g/mol. The molecule has 0 aliphatic heterocycles. The molecule has 2 aromatic rings. The molecule has 108 valence electrons. The molecule has 0 radical (unpaired) electrons. The number of aliphatic hydroxyl groups is 3. The van der Waals surface area contributed by atoms with Crippen LogP contribution >= 0.6 is 0 Å². The molecule has 2 heterocycles. The molecule has 4 atom stereocenters. The van der Waals surface area contributed by atoms with E-state index in [9.17, 15) is 15.3 Å². The Morgan fingerprint density at radius 1 is 1.40 bits per heavy atom. The molecule has 1 saturated carbocycles. The lowest BCUT2D eigenvalue weighted by molar-refractivity contribution is -0.00383. The van der Waals surface area contributed by atoms with Crippen LogP contribution in [0.4, 0.5) is 5.82 Å². The topological polar surface area (TPSA) is 117 Å². The van der Waals surface area contributed by atoms with Crippen molar-refractivity contribution in [2.24, 2.45) is 5.92 Å². The zero-order valence-electron chi connectivity index (χ0n) is 11.1. The highest BCUT2D eigenvalue weighted by molar-refractivity contribution is 5.85. The fourth-order valence-electron chi connectivity index (χ4n) is 3.11. The number of anilines is 1. The maximum absolute atomic E-state index is 10.2. The predicted molar refractivity (Wildman–Crippen MR) is 72.9 cm³/mol. The number of aryl methyl sites for hydroxylation is 1. The summed E-state index contributed by atoms with van der Waals surface area (Å²) in [5.74, 6) is 0.719. The van der Waals surface area contributed by atoms with Crippen molar-refractivity contribution >= 4 is 16.9 Å². The van der Waals surface area contributed by atoms with E-state index < -0.39 is 12.2 Å². The van der Waals surface area contributed by atoms with Crippen LogP contribution in [0, 0.1) is 12.8 Å². The van der Waals surface area contributed by atoms with E-state index in [1.807, 2.05) is 11.5 Å². The second-order valence-electron chi connectivity index (χ2n) is 5.32. The Balaban J connectivity index is 2.11. The van der Waals surface area contributed by atoms with Crippen LogP contribution < -0.4 is 5.73 Å². The summed E-state index contributed by atoms with van der Waals surface area (Å²) >= 11 is 0. The van der Waals surface area contributed by atoms with Crippen LogP contribution in [0.3, 0.4) is 0 Å². The van der Waals surface area contributed by atoms with E-state index >= 15 is 0 Å². The van der Waals surface area contributed by atoms with E-state index in [0.717, 1.165) is 5.52 Å². The van der Waals surface area contributed by atoms with Gasteiger partial charge in [-0.05, 0) is 19.4 Å². The molecule has 2 aromatic heterocycles. The van der Waals surface area contributed by atoms with Crippen LogP contribution in [0.25, 0.3) is 11.0 Å². The van der Waals surface area contributed by atoms with Gasteiger partial charge in [0.15, 0.2) is 5.82 Å². The van der Waals surface area contributed by atoms with Crippen LogP contribution in [0.2, 0.25) is 0 Å². The number of nitrogens with zero attached hydrogens (tertiary/aromatic N) is 3. The Morgan fingerprint density at radius 2 is 2.15 bits per heavy atom. The summed E-state index contributed by atoms with van der Waals surface area (Å²) in [6.45, 7) is 1.68. The van der Waals surface area contributed by atoms with Crippen LogP contribution in [0.1, 0.15) is 18.3 Å². The van der Waals surface area contributed by atoms with Crippen molar-refractivity contribution in [2.45, 2.75) is 31.6 Å². The smallest absolute Gasteiger partial charge is 0.151 e. The summed E-state index contributed by atoms with van der Waals surface area (Å²) in [5, 5.41) is 29.5. The summed E-state index contributed by atoms with van der Waals surface area (Å²) in [6.07, 6.45) is 0.225. The van der Waals surface area contributed by atoms with E-state index in [1.165, 1.54) is 0 Å². The number of nitrogens with two attached hydrogens (primary N) is 1. The molecule has 20 heavy (non-hydrogen) atoms. The first-order valence-electron chi connectivity index (χ1n) is 6.60. The largest absolute Gasteiger partial charge is 0.396 e. The number of aliphatic hydroxyl groups excluding tert-OH is 3. The minimum absolute atomic E-state index is 0.149. The molecule has 7 heteroatoms. The minimum Gasteiger partial charge on any atom is -0.396 e. The van der Waals surface area contributed by atoms with Crippen LogP contribution in [-0.2, 0) is 0 Å². The summed E-state index contributed by atoms with van der Waals surface area (Å²) in [7, 11) is 0. The van der Waals surface area contributed by atoms with Gasteiger partial charge in [-0.15, -0.1) is 0 Å². The lowest BCUT2D eigenvalue weighted by atomic mass is 10.1. The highest BCUT2D eigenvalue weighted by Crippen LogP contribution is 2.38. The molecule has 0 saturated heterocycles. The molecule has 5 N–H and O–H groups in total. The molecule has 0 amide bonds. The van der Waals surface area contributed by atoms with Gasteiger partial charge in [-0.25, -0.2) is 9.97 Å². The van der Waals surface area contributed by atoms with E-state index in [2.05, 4.69) is 9.97 Å². The quantitative estimate of drug-likeness (QED) is 0.593. The van der Waals surface area contributed by atoms with E-state index in [-0.39, 0.29) is 18.6 Å². The zero-order valence-corrected chi connectivity index (χ0v) is 11.1. The summed E-state index contributed by atoms with van der Waals surface area (Å²) < 4.78 is 1.87. The van der Waals surface area contributed by atoms with Gasteiger partial charge in [0, 0.05) is 18.7 Å². The fraction of sp³-hybridized carbons (Fsp3) is 0.538. The van der Waals surface area contributed by atoms with Crippen molar-refractivity contribution in [3.05, 3.63) is 18.1 Å². The molecule has 0 spiro atoms. The van der Waals surface area contributed by atoms with Crippen molar-refractivity contribution in [1.82, 2.24) is 14.5 Å². The number of nitrogen functional groups attached to an aromatic ring is 1. The number of rotatable bonds is 2. The first-order chi connectivity index (χ1) is 9.54. The highest BCUT2D eigenvalue weighted by Gasteiger charge is 2.43. The first kappa shape index (κ1) is 13.3. The van der Waals surface area contributed by atoms with Gasteiger partial charge in [-0.3, -0.25) is 0 Å². The molecule has 1 aliphatic rings. The predicted octanol–water partition coefficient (Wildman–Crippen LogP) is -0.403. The van der Waals surface area contributed by atoms with Crippen molar-refractivity contribution in [3.63, 3.8) is 0 Å². The number of hydrogen-bond acceptors (Lipinski definition) is 6. The zero-order chi connectivity index (χ0) is 14.4. The van der Waals surface area contributed by atoms with Gasteiger partial charge in [0.1, 0.15) is 17.4 Å². The van der Waals surface area contributed by atoms with E-state index in [1.54, 1.807) is 12.3 Å². The van der Waals surface area contributed by atoms with E-state index in [4.69, 9.17) is 5.73 Å². The summed E-state index contributed by atoms with van der Waals surface area (Å²) in [6, 6.07) is 1.46. The normalized spacial score (nSPS) is 30.2. The van der Waals surface area contributed by atoms with Crippen LogP contribution in [-0.4, -0.2) is 48.7 Å². The molecule has 7 nitrogen and oxygen atoms in total. The fourth-order valence-corrected chi connectivity index (χ4v) is 3.11. The summed E-state index contributed by atoms with van der Waals surface area (Å²) in [4.78, 5) is 8.39. The van der Waals surface area contributed by atoms with Gasteiger partial charge in [0.2, 0.25) is 0 Å². The Morgan fingerprint density at radius 3 is 2.80 bits per heavy atom. The van der Waals surface area contributed by atoms with Gasteiger partial charge >= 0.3 is 0 Å². The van der Waals surface area contributed by atoms with Crippen molar-refractivity contribution in [3.8, 4) is 0 Å². The molecule has 3 rings (SSSR count). The number of fused-ring (bicyclic) bond motifs is 1. The Hall–Kier alpha value is -1.70. The Labute approximate surface area is 115 Å². The van der Waals surface area contributed by atoms with Gasteiger partial charge in [-0.1, -0.05) is 0 Å². The lowest BCUT2D eigenvalue weighted by Gasteiger charge is -2.20. The maximum atomic E-state index is 10.2. The average molecular weight is 278 g/mol. The van der Waals surface area contributed by atoms with Gasteiger partial charge in [0.05, 0.1) is 17.7 Å². The number of aromatic nitrogens is 3. The minimum atomic E-state index is -0.933. The van der Waals surface area contributed by atoms with Gasteiger partial charge < -0.3 is 25.6 Å². The SMILES string of the molecule is Cc1nc2c(N)nccc2n1[C@@H]1C[C@H](CO)[C@@H](O)[C@H]1O. The number of imidazole rings is 1.